The molecule has 0 saturated heterocycles. The summed E-state index contributed by atoms with van der Waals surface area (Å²) in [5.74, 6) is 0.599. The number of aromatic nitrogens is 4. The summed E-state index contributed by atoms with van der Waals surface area (Å²) in [5.41, 5.74) is 8.52. The smallest absolute Gasteiger partial charge is 0.127 e. The first-order valence-electron chi connectivity index (χ1n) is 5.63. The molecule has 2 heterocycles. The third-order valence-electron chi connectivity index (χ3n) is 2.70. The minimum Gasteiger partial charge on any atom is -0.384 e. The topological polar surface area (TPSA) is 61.7 Å². The van der Waals surface area contributed by atoms with Crippen molar-refractivity contribution in [3.63, 3.8) is 0 Å². The number of hydrogen-bond donors (Lipinski definition) is 1. The molecule has 5 nitrogen and oxygen atoms in total. The van der Waals surface area contributed by atoms with Crippen LogP contribution >= 0.6 is 0 Å². The van der Waals surface area contributed by atoms with Crippen LogP contribution in [0.1, 0.15) is 0 Å². The van der Waals surface area contributed by atoms with E-state index in [9.17, 15) is 0 Å². The Kier molecular flexibility index (Phi) is 2.37. The number of aryl methyl sites for hydroxylation is 1. The molecule has 5 heteroatoms. The van der Waals surface area contributed by atoms with Crippen LogP contribution in [0.4, 0.5) is 5.82 Å². The van der Waals surface area contributed by atoms with Crippen LogP contribution in [0.15, 0.2) is 48.9 Å². The average molecular weight is 239 g/mol. The highest BCUT2D eigenvalue weighted by molar-refractivity contribution is 5.59. The quantitative estimate of drug-likeness (QED) is 0.742. The van der Waals surface area contributed by atoms with Crippen molar-refractivity contribution in [3.05, 3.63) is 48.9 Å². The summed E-state index contributed by atoms with van der Waals surface area (Å²) >= 11 is 0. The lowest BCUT2D eigenvalue weighted by Gasteiger charge is -2.02. The third kappa shape index (κ3) is 1.75. The molecule has 0 unspecified atom stereocenters. The second-order valence-electron chi connectivity index (χ2n) is 4.13. The monoisotopic (exact) mass is 239 g/mol. The Bertz CT molecular complexity index is 666. The van der Waals surface area contributed by atoms with Crippen LogP contribution in [0.3, 0.4) is 0 Å². The summed E-state index contributed by atoms with van der Waals surface area (Å²) in [6.45, 7) is 0. The number of rotatable bonds is 2. The normalized spacial score (nSPS) is 10.7. The first-order chi connectivity index (χ1) is 8.74. The van der Waals surface area contributed by atoms with Gasteiger partial charge in [-0.25, -0.2) is 9.67 Å². The van der Waals surface area contributed by atoms with Gasteiger partial charge in [-0.05, 0) is 12.1 Å². The minimum absolute atomic E-state index is 0.599. The average Bonchev–Trinajstić information content (AvgIpc) is 2.97. The van der Waals surface area contributed by atoms with E-state index in [0.717, 1.165) is 17.1 Å². The molecule has 3 aromatic rings. The van der Waals surface area contributed by atoms with Crippen molar-refractivity contribution in [1.29, 1.82) is 0 Å². The van der Waals surface area contributed by atoms with Crippen molar-refractivity contribution in [2.75, 3.05) is 5.73 Å². The molecular formula is C13H13N5. The van der Waals surface area contributed by atoms with E-state index in [-0.39, 0.29) is 0 Å². The fourth-order valence-corrected chi connectivity index (χ4v) is 1.84. The second-order valence-corrected chi connectivity index (χ2v) is 4.13. The summed E-state index contributed by atoms with van der Waals surface area (Å²) < 4.78 is 3.59. The highest BCUT2D eigenvalue weighted by Crippen LogP contribution is 2.21. The van der Waals surface area contributed by atoms with E-state index in [1.54, 1.807) is 11.0 Å². The molecule has 0 atom stereocenters. The summed E-state index contributed by atoms with van der Waals surface area (Å²) in [6, 6.07) is 11.6. The molecule has 0 saturated carbocycles. The van der Waals surface area contributed by atoms with Crippen molar-refractivity contribution in [3.8, 4) is 17.1 Å². The predicted molar refractivity (Wildman–Crippen MR) is 70.2 cm³/mol. The maximum Gasteiger partial charge on any atom is 0.127 e. The van der Waals surface area contributed by atoms with Gasteiger partial charge in [-0.15, -0.1) is 0 Å². The largest absolute Gasteiger partial charge is 0.384 e. The second kappa shape index (κ2) is 4.03. The Hall–Kier alpha value is -2.56. The zero-order chi connectivity index (χ0) is 12.5. The van der Waals surface area contributed by atoms with E-state index in [4.69, 9.17) is 5.73 Å². The Morgan fingerprint density at radius 2 is 1.89 bits per heavy atom. The Labute approximate surface area is 104 Å². The Morgan fingerprint density at radius 1 is 1.11 bits per heavy atom. The molecule has 0 aliphatic carbocycles. The molecule has 0 aliphatic heterocycles. The molecule has 0 bridgehead atoms. The van der Waals surface area contributed by atoms with Gasteiger partial charge < -0.3 is 10.3 Å². The molecule has 2 aromatic heterocycles. The number of para-hydroxylation sites is 1. The van der Waals surface area contributed by atoms with Crippen molar-refractivity contribution >= 4 is 5.82 Å². The number of imidazole rings is 1. The van der Waals surface area contributed by atoms with E-state index in [1.807, 2.05) is 54.2 Å². The van der Waals surface area contributed by atoms with Gasteiger partial charge in [0.25, 0.3) is 0 Å². The van der Waals surface area contributed by atoms with Crippen LogP contribution in [0.25, 0.3) is 17.1 Å². The molecule has 1 aromatic carbocycles. The van der Waals surface area contributed by atoms with Crippen LogP contribution in [0.2, 0.25) is 0 Å². The summed E-state index contributed by atoms with van der Waals surface area (Å²) in [7, 11) is 1.92. The van der Waals surface area contributed by atoms with Crippen molar-refractivity contribution < 1.29 is 0 Å². The van der Waals surface area contributed by atoms with Crippen molar-refractivity contribution in [2.45, 2.75) is 0 Å². The standard InChI is InChI=1S/C13H13N5/c1-17-8-12(15-9-17)11-7-13(14)18(16-11)10-5-3-2-4-6-10/h2-9H,14H2,1H3. The minimum atomic E-state index is 0.599. The first-order valence-corrected chi connectivity index (χ1v) is 5.63. The van der Waals surface area contributed by atoms with Gasteiger partial charge in [0.05, 0.1) is 12.0 Å². The van der Waals surface area contributed by atoms with E-state index < -0.39 is 0 Å². The molecule has 90 valence electrons. The first kappa shape index (κ1) is 10.6. The number of benzene rings is 1. The van der Waals surface area contributed by atoms with Crippen LogP contribution < -0.4 is 5.73 Å². The number of nitrogens with two attached hydrogens (primary N) is 1. The van der Waals surface area contributed by atoms with Gasteiger partial charge in [-0.1, -0.05) is 18.2 Å². The lowest BCUT2D eigenvalue weighted by Crippen LogP contribution is -2.01. The van der Waals surface area contributed by atoms with Gasteiger partial charge >= 0.3 is 0 Å². The lowest BCUT2D eigenvalue weighted by atomic mass is 10.3. The van der Waals surface area contributed by atoms with Gasteiger partial charge in [0.1, 0.15) is 17.2 Å². The molecule has 0 amide bonds. The van der Waals surface area contributed by atoms with Gasteiger partial charge in [-0.2, -0.15) is 5.10 Å². The fraction of sp³-hybridized carbons (Fsp3) is 0.0769. The van der Waals surface area contributed by atoms with Crippen LogP contribution in [-0.2, 0) is 7.05 Å². The third-order valence-corrected chi connectivity index (χ3v) is 2.70. The zero-order valence-corrected chi connectivity index (χ0v) is 9.99. The molecule has 0 fully saturated rings. The molecule has 2 N–H and O–H groups in total. The van der Waals surface area contributed by atoms with Gasteiger partial charge in [0.2, 0.25) is 0 Å². The molecule has 0 aliphatic rings. The number of anilines is 1. The summed E-state index contributed by atoms with van der Waals surface area (Å²) in [4.78, 5) is 4.27. The zero-order valence-electron chi connectivity index (χ0n) is 9.99. The lowest BCUT2D eigenvalue weighted by molar-refractivity contribution is 0.893. The molecule has 18 heavy (non-hydrogen) atoms. The number of nitrogen functional groups attached to an aromatic ring is 1. The maximum absolute atomic E-state index is 5.98. The van der Waals surface area contributed by atoms with E-state index in [2.05, 4.69) is 10.1 Å². The van der Waals surface area contributed by atoms with Crippen molar-refractivity contribution in [2.24, 2.45) is 7.05 Å². The summed E-state index contributed by atoms with van der Waals surface area (Å²) in [6.07, 6.45) is 3.66. The van der Waals surface area contributed by atoms with Gasteiger partial charge in [0, 0.05) is 19.3 Å². The van der Waals surface area contributed by atoms with Crippen LogP contribution in [0, 0.1) is 0 Å². The van der Waals surface area contributed by atoms with Gasteiger partial charge in [0.15, 0.2) is 0 Å². The maximum atomic E-state index is 5.98. The Balaban J connectivity index is 2.06. The SMILES string of the molecule is Cn1cnc(-c2cc(N)n(-c3ccccc3)n2)c1. The number of hydrogen-bond acceptors (Lipinski definition) is 3. The van der Waals surface area contributed by atoms with E-state index >= 15 is 0 Å². The van der Waals surface area contributed by atoms with Gasteiger partial charge in [-0.3, -0.25) is 0 Å². The highest BCUT2D eigenvalue weighted by atomic mass is 15.3. The summed E-state index contributed by atoms with van der Waals surface area (Å²) in [5, 5.41) is 4.48. The van der Waals surface area contributed by atoms with Crippen LogP contribution in [0.5, 0.6) is 0 Å². The molecular weight excluding hydrogens is 226 g/mol. The molecule has 3 rings (SSSR count). The van der Waals surface area contributed by atoms with E-state index in [1.165, 1.54) is 0 Å². The van der Waals surface area contributed by atoms with Crippen LogP contribution in [-0.4, -0.2) is 19.3 Å². The highest BCUT2D eigenvalue weighted by Gasteiger charge is 2.10. The van der Waals surface area contributed by atoms with E-state index in [0.29, 0.717) is 5.82 Å². The Morgan fingerprint density at radius 3 is 2.56 bits per heavy atom. The number of nitrogens with zero attached hydrogens (tertiary/aromatic N) is 4. The molecule has 0 spiro atoms. The van der Waals surface area contributed by atoms with Crippen molar-refractivity contribution in [1.82, 2.24) is 19.3 Å². The fourth-order valence-electron chi connectivity index (χ4n) is 1.84. The molecule has 0 radical (unpaired) electrons. The predicted octanol–water partition coefficient (Wildman–Crippen LogP) is 1.85.